The Morgan fingerprint density at radius 1 is 1.30 bits per heavy atom. The highest BCUT2D eigenvalue weighted by Crippen LogP contribution is 2.33. The van der Waals surface area contributed by atoms with E-state index in [1.165, 1.54) is 6.42 Å². The van der Waals surface area contributed by atoms with E-state index in [-0.39, 0.29) is 12.0 Å². The number of hydrogen-bond donors (Lipinski definition) is 1. The van der Waals surface area contributed by atoms with Crippen molar-refractivity contribution in [2.75, 3.05) is 6.61 Å². The molecule has 1 aliphatic heterocycles. The fourth-order valence-corrected chi connectivity index (χ4v) is 2.81. The second kappa shape index (κ2) is 6.20. The Morgan fingerprint density at radius 2 is 2.05 bits per heavy atom. The maximum atomic E-state index is 11.7. The van der Waals surface area contributed by atoms with Gasteiger partial charge in [-0.2, -0.15) is 0 Å². The first-order chi connectivity index (χ1) is 9.45. The average Bonchev–Trinajstić information content (AvgIpc) is 2.69. The Balaban J connectivity index is 1.74. The highest BCUT2D eigenvalue weighted by atomic mass is 16.5. The van der Waals surface area contributed by atoms with Gasteiger partial charge in [-0.25, -0.2) is 0 Å². The van der Waals surface area contributed by atoms with Crippen LogP contribution < -0.4 is 5.32 Å². The monoisotopic (exact) mass is 279 g/mol. The summed E-state index contributed by atoms with van der Waals surface area (Å²) in [4.78, 5) is 33.9. The van der Waals surface area contributed by atoms with Gasteiger partial charge in [0.25, 0.3) is 11.8 Å². The van der Waals surface area contributed by atoms with Crippen molar-refractivity contribution in [3.05, 3.63) is 11.6 Å². The van der Waals surface area contributed by atoms with Gasteiger partial charge in [0.05, 0.1) is 13.0 Å². The molecule has 0 aromatic heterocycles. The number of amides is 2. The fourth-order valence-electron chi connectivity index (χ4n) is 2.81. The zero-order chi connectivity index (χ0) is 14.7. The van der Waals surface area contributed by atoms with Crippen molar-refractivity contribution in [2.24, 2.45) is 17.8 Å². The Morgan fingerprint density at radius 3 is 2.65 bits per heavy atom. The smallest absolute Gasteiger partial charge is 0.310 e. The van der Waals surface area contributed by atoms with Crippen molar-refractivity contribution in [1.82, 2.24) is 5.32 Å². The highest BCUT2D eigenvalue weighted by Gasteiger charge is 2.27. The summed E-state index contributed by atoms with van der Waals surface area (Å²) in [6.07, 6.45) is 4.37. The van der Waals surface area contributed by atoms with Crippen molar-refractivity contribution in [3.8, 4) is 0 Å². The molecule has 0 radical (unpaired) electrons. The van der Waals surface area contributed by atoms with Crippen LogP contribution in [0.15, 0.2) is 11.6 Å². The molecule has 1 N–H and O–H groups in total. The molecule has 1 fully saturated rings. The molecule has 5 heteroatoms. The number of carbonyl (C=O) groups is 3. The third-order valence-electron chi connectivity index (χ3n) is 4.36. The summed E-state index contributed by atoms with van der Waals surface area (Å²) in [7, 11) is 0. The van der Waals surface area contributed by atoms with Gasteiger partial charge in [-0.15, -0.1) is 0 Å². The lowest BCUT2D eigenvalue weighted by Gasteiger charge is -2.31. The number of rotatable bonds is 4. The Bertz CT molecular complexity index is 455. The maximum absolute atomic E-state index is 11.7. The van der Waals surface area contributed by atoms with Crippen LogP contribution in [0.5, 0.6) is 0 Å². The summed E-state index contributed by atoms with van der Waals surface area (Å²) in [5.74, 6) is 0.416. The van der Waals surface area contributed by atoms with Gasteiger partial charge in [-0.1, -0.05) is 20.3 Å². The van der Waals surface area contributed by atoms with Crippen LogP contribution in [-0.2, 0) is 19.1 Å². The van der Waals surface area contributed by atoms with Gasteiger partial charge in [0.15, 0.2) is 0 Å². The van der Waals surface area contributed by atoms with Crippen molar-refractivity contribution in [2.45, 2.75) is 39.5 Å². The third-order valence-corrected chi connectivity index (χ3v) is 4.36. The predicted molar refractivity (Wildman–Crippen MR) is 72.5 cm³/mol. The van der Waals surface area contributed by atoms with Crippen LogP contribution in [0.25, 0.3) is 0 Å². The van der Waals surface area contributed by atoms with Gasteiger partial charge >= 0.3 is 5.97 Å². The molecule has 2 aliphatic rings. The molecule has 2 unspecified atom stereocenters. The Labute approximate surface area is 118 Å². The van der Waals surface area contributed by atoms with Gasteiger partial charge in [-0.05, 0) is 30.6 Å². The summed E-state index contributed by atoms with van der Waals surface area (Å²) < 4.78 is 5.24. The molecule has 3 atom stereocenters. The Kier molecular flexibility index (Phi) is 4.57. The number of carbonyl (C=O) groups excluding carboxylic acids is 3. The van der Waals surface area contributed by atoms with E-state index >= 15 is 0 Å². The molecule has 1 aliphatic carbocycles. The second-order valence-electron chi connectivity index (χ2n) is 5.98. The van der Waals surface area contributed by atoms with Gasteiger partial charge in [0.1, 0.15) is 0 Å². The van der Waals surface area contributed by atoms with Gasteiger partial charge in [0, 0.05) is 11.6 Å². The van der Waals surface area contributed by atoms with Crippen LogP contribution in [0, 0.1) is 17.8 Å². The van der Waals surface area contributed by atoms with E-state index in [1.807, 2.05) is 0 Å². The van der Waals surface area contributed by atoms with Crippen LogP contribution in [0.2, 0.25) is 0 Å². The van der Waals surface area contributed by atoms with Crippen LogP contribution in [-0.4, -0.2) is 24.4 Å². The van der Waals surface area contributed by atoms with E-state index in [0.717, 1.165) is 24.8 Å². The topological polar surface area (TPSA) is 72.5 Å². The molecule has 0 saturated heterocycles. The molecular weight excluding hydrogens is 258 g/mol. The maximum Gasteiger partial charge on any atom is 0.310 e. The lowest BCUT2D eigenvalue weighted by molar-refractivity contribution is -0.145. The largest absolute Gasteiger partial charge is 0.465 e. The Hall–Kier alpha value is -1.65. The van der Waals surface area contributed by atoms with Crippen LogP contribution >= 0.6 is 0 Å². The average molecular weight is 279 g/mol. The van der Waals surface area contributed by atoms with Crippen LogP contribution in [0.4, 0.5) is 0 Å². The summed E-state index contributed by atoms with van der Waals surface area (Å²) in [5, 5.41) is 2.11. The molecular formula is C15H21NO4. The van der Waals surface area contributed by atoms with Gasteiger partial charge in [-0.3, -0.25) is 19.7 Å². The van der Waals surface area contributed by atoms with E-state index in [4.69, 9.17) is 4.74 Å². The third kappa shape index (κ3) is 3.68. The van der Waals surface area contributed by atoms with Crippen molar-refractivity contribution >= 4 is 17.8 Å². The first kappa shape index (κ1) is 14.8. The minimum absolute atomic E-state index is 0.129. The molecule has 0 spiro atoms. The number of imide groups is 1. The molecule has 1 heterocycles. The number of hydrogen-bond acceptors (Lipinski definition) is 4. The van der Waals surface area contributed by atoms with Gasteiger partial charge in [0.2, 0.25) is 0 Å². The van der Waals surface area contributed by atoms with E-state index in [9.17, 15) is 14.4 Å². The molecule has 20 heavy (non-hydrogen) atoms. The number of ether oxygens (including phenoxy) is 1. The molecule has 2 amide bonds. The normalized spacial score (nSPS) is 29.9. The quantitative estimate of drug-likeness (QED) is 0.626. The van der Waals surface area contributed by atoms with Crippen LogP contribution in [0.3, 0.4) is 0 Å². The standard InChI is InChI=1S/C15H21NO4/c1-9-3-4-11(5-10(9)2)8-20-14(18)7-12-6-13(17)16-15(12)19/h6,9-11H,3-5,7-8H2,1-2H3,(H,16,17,19)/t9?,10?,11-/m0/s1. The minimum atomic E-state index is -0.493. The molecule has 0 aromatic rings. The number of nitrogens with one attached hydrogen (secondary N) is 1. The van der Waals surface area contributed by atoms with E-state index in [2.05, 4.69) is 19.2 Å². The molecule has 110 valence electrons. The first-order valence-corrected chi connectivity index (χ1v) is 7.17. The van der Waals surface area contributed by atoms with Crippen LogP contribution in [0.1, 0.15) is 39.5 Å². The SMILES string of the molecule is CC1CC[C@H](COC(=O)CC2=CC(=O)NC2=O)CC1C. The number of esters is 1. The lowest BCUT2D eigenvalue weighted by atomic mass is 9.76. The fraction of sp³-hybridized carbons (Fsp3) is 0.667. The zero-order valence-electron chi connectivity index (χ0n) is 12.0. The first-order valence-electron chi connectivity index (χ1n) is 7.17. The molecule has 5 nitrogen and oxygen atoms in total. The van der Waals surface area contributed by atoms with Crippen molar-refractivity contribution < 1.29 is 19.1 Å². The summed E-state index contributed by atoms with van der Waals surface area (Å²) in [6.45, 7) is 4.91. The summed E-state index contributed by atoms with van der Waals surface area (Å²) in [6, 6.07) is 0. The molecule has 0 aromatic carbocycles. The molecule has 1 saturated carbocycles. The predicted octanol–water partition coefficient (Wildman–Crippen LogP) is 1.57. The van der Waals surface area contributed by atoms with E-state index in [0.29, 0.717) is 18.4 Å². The summed E-state index contributed by atoms with van der Waals surface area (Å²) in [5.41, 5.74) is 0.186. The second-order valence-corrected chi connectivity index (χ2v) is 5.98. The van der Waals surface area contributed by atoms with Crippen molar-refractivity contribution in [3.63, 3.8) is 0 Å². The van der Waals surface area contributed by atoms with E-state index < -0.39 is 17.8 Å². The summed E-state index contributed by atoms with van der Waals surface area (Å²) >= 11 is 0. The molecule has 0 bridgehead atoms. The highest BCUT2D eigenvalue weighted by molar-refractivity contribution is 6.17. The minimum Gasteiger partial charge on any atom is -0.465 e. The van der Waals surface area contributed by atoms with Gasteiger partial charge < -0.3 is 4.74 Å². The van der Waals surface area contributed by atoms with Crippen molar-refractivity contribution in [1.29, 1.82) is 0 Å². The lowest BCUT2D eigenvalue weighted by Crippen LogP contribution is -2.26. The molecule has 2 rings (SSSR count). The zero-order valence-corrected chi connectivity index (χ0v) is 12.0. The van der Waals surface area contributed by atoms with E-state index in [1.54, 1.807) is 0 Å².